The largest absolute Gasteiger partial charge is 0.481 e. The molecule has 0 heterocycles. The number of carboxylic acids is 2. The Balaban J connectivity index is 0. The van der Waals surface area contributed by atoms with Gasteiger partial charge in [-0.05, 0) is 7.05 Å². The number of hydrogen-bond donors (Lipinski definition) is 4. The zero-order chi connectivity index (χ0) is 9.44. The molecule has 0 fully saturated rings. The summed E-state index contributed by atoms with van der Waals surface area (Å²) in [6.45, 7) is 0. The molecule has 0 aliphatic rings. The molecule has 0 rings (SSSR count). The lowest BCUT2D eigenvalue weighted by atomic mass is 10.3. The Morgan fingerprint density at radius 1 is 1.45 bits per heavy atom. The summed E-state index contributed by atoms with van der Waals surface area (Å²) in [7, 11) is 1.50. The van der Waals surface area contributed by atoms with Gasteiger partial charge in [0.15, 0.2) is 0 Å². The average molecular weight is 181 g/mol. The number of rotatable bonds is 3. The fraction of sp³-hybridized carbons (Fsp3) is 0.600. The first-order chi connectivity index (χ1) is 5.04. The van der Waals surface area contributed by atoms with Gasteiger partial charge in [0.1, 0.15) is 5.25 Å². The SMILES string of the molecule is CN.O=C(O)CC(S)C(=O)O. The van der Waals surface area contributed by atoms with Crippen LogP contribution in [-0.2, 0) is 9.59 Å². The second-order valence-corrected chi connectivity index (χ2v) is 2.08. The van der Waals surface area contributed by atoms with E-state index >= 15 is 0 Å². The minimum atomic E-state index is -1.21. The number of aliphatic carboxylic acids is 2. The molecular formula is C5H11NO4S. The van der Waals surface area contributed by atoms with Crippen LogP contribution in [0.4, 0.5) is 0 Å². The number of hydrogen-bond acceptors (Lipinski definition) is 4. The van der Waals surface area contributed by atoms with Gasteiger partial charge in [0, 0.05) is 0 Å². The molecule has 11 heavy (non-hydrogen) atoms. The minimum absolute atomic E-state index is 0.446. The quantitative estimate of drug-likeness (QED) is 0.436. The van der Waals surface area contributed by atoms with Crippen LogP contribution in [0.1, 0.15) is 6.42 Å². The molecule has 6 heteroatoms. The maximum Gasteiger partial charge on any atom is 0.316 e. The highest BCUT2D eigenvalue weighted by molar-refractivity contribution is 7.81. The van der Waals surface area contributed by atoms with Crippen molar-refractivity contribution in [2.24, 2.45) is 5.73 Å². The Labute approximate surface area is 69.6 Å². The third-order valence-corrected chi connectivity index (χ3v) is 1.06. The lowest BCUT2D eigenvalue weighted by Gasteiger charge is -1.97. The Hall–Kier alpha value is -0.750. The van der Waals surface area contributed by atoms with Gasteiger partial charge in [-0.3, -0.25) is 9.59 Å². The molecule has 0 aliphatic heterocycles. The average Bonchev–Trinajstić information content (AvgIpc) is 1.90. The number of carbonyl (C=O) groups is 2. The number of carboxylic acid groups (broad SMARTS) is 2. The van der Waals surface area contributed by atoms with E-state index in [9.17, 15) is 9.59 Å². The first kappa shape index (κ1) is 12.9. The van der Waals surface area contributed by atoms with Crippen LogP contribution >= 0.6 is 12.6 Å². The van der Waals surface area contributed by atoms with Gasteiger partial charge in [-0.1, -0.05) is 0 Å². The van der Waals surface area contributed by atoms with Crippen molar-refractivity contribution in [2.45, 2.75) is 11.7 Å². The van der Waals surface area contributed by atoms with Crippen molar-refractivity contribution >= 4 is 24.6 Å². The molecule has 66 valence electrons. The Morgan fingerprint density at radius 2 is 1.82 bits per heavy atom. The molecule has 0 aromatic heterocycles. The summed E-state index contributed by atoms with van der Waals surface area (Å²) in [5.74, 6) is -2.36. The highest BCUT2D eigenvalue weighted by atomic mass is 32.1. The van der Waals surface area contributed by atoms with Crippen LogP contribution in [0, 0.1) is 0 Å². The zero-order valence-corrected chi connectivity index (χ0v) is 6.91. The molecule has 0 aromatic rings. The van der Waals surface area contributed by atoms with Crippen LogP contribution < -0.4 is 5.73 Å². The van der Waals surface area contributed by atoms with Gasteiger partial charge >= 0.3 is 11.9 Å². The predicted molar refractivity (Wildman–Crippen MR) is 42.8 cm³/mol. The Morgan fingerprint density at radius 3 is 1.91 bits per heavy atom. The van der Waals surface area contributed by atoms with E-state index < -0.39 is 23.6 Å². The fourth-order valence-corrected chi connectivity index (χ4v) is 0.409. The van der Waals surface area contributed by atoms with E-state index in [1.807, 2.05) is 0 Å². The van der Waals surface area contributed by atoms with Crippen molar-refractivity contribution in [3.05, 3.63) is 0 Å². The molecule has 1 atom stereocenters. The van der Waals surface area contributed by atoms with Crippen molar-refractivity contribution in [2.75, 3.05) is 7.05 Å². The fourth-order valence-electron chi connectivity index (χ4n) is 0.253. The van der Waals surface area contributed by atoms with Crippen LogP contribution in [0.2, 0.25) is 0 Å². The van der Waals surface area contributed by atoms with Gasteiger partial charge in [-0.25, -0.2) is 0 Å². The summed E-state index contributed by atoms with van der Waals surface area (Å²) in [5.41, 5.74) is 4.50. The van der Waals surface area contributed by atoms with Crippen LogP contribution in [0.25, 0.3) is 0 Å². The number of thiol groups is 1. The lowest BCUT2D eigenvalue weighted by Crippen LogP contribution is -2.17. The summed E-state index contributed by atoms with van der Waals surface area (Å²) in [6, 6.07) is 0. The minimum Gasteiger partial charge on any atom is -0.481 e. The Bertz CT molecular complexity index is 138. The summed E-state index contributed by atoms with van der Waals surface area (Å²) in [5, 5.41) is 15.0. The van der Waals surface area contributed by atoms with Crippen molar-refractivity contribution in [3.8, 4) is 0 Å². The highest BCUT2D eigenvalue weighted by Crippen LogP contribution is 1.99. The second-order valence-electron chi connectivity index (χ2n) is 1.45. The molecule has 1 unspecified atom stereocenters. The van der Waals surface area contributed by atoms with Gasteiger partial charge in [0.2, 0.25) is 0 Å². The molecule has 0 aromatic carbocycles. The maximum atomic E-state index is 9.90. The molecule has 0 saturated heterocycles. The van der Waals surface area contributed by atoms with E-state index in [-0.39, 0.29) is 0 Å². The van der Waals surface area contributed by atoms with Crippen LogP contribution in [0.15, 0.2) is 0 Å². The first-order valence-electron chi connectivity index (χ1n) is 2.74. The van der Waals surface area contributed by atoms with E-state index in [2.05, 4.69) is 18.4 Å². The second kappa shape index (κ2) is 7.36. The standard InChI is InChI=1S/C4H6O4S.CH5N/c5-3(6)1-2(9)4(7)8;1-2/h2,9H,1H2,(H,5,6)(H,7,8);2H2,1H3. The maximum absolute atomic E-state index is 9.90. The van der Waals surface area contributed by atoms with E-state index in [4.69, 9.17) is 10.2 Å². The van der Waals surface area contributed by atoms with E-state index in [1.165, 1.54) is 7.05 Å². The predicted octanol–water partition coefficient (Wildman–Crippen LogP) is -0.581. The molecule has 0 aliphatic carbocycles. The highest BCUT2D eigenvalue weighted by Gasteiger charge is 2.14. The molecule has 0 amide bonds. The van der Waals surface area contributed by atoms with Gasteiger partial charge in [0.25, 0.3) is 0 Å². The van der Waals surface area contributed by atoms with Crippen LogP contribution in [-0.4, -0.2) is 34.4 Å². The molecule has 0 radical (unpaired) electrons. The topological polar surface area (TPSA) is 101 Å². The number of nitrogens with two attached hydrogens (primary N) is 1. The van der Waals surface area contributed by atoms with Crippen molar-refractivity contribution in [1.29, 1.82) is 0 Å². The van der Waals surface area contributed by atoms with Crippen LogP contribution in [0.5, 0.6) is 0 Å². The van der Waals surface area contributed by atoms with E-state index in [0.29, 0.717) is 0 Å². The first-order valence-corrected chi connectivity index (χ1v) is 3.26. The lowest BCUT2D eigenvalue weighted by molar-refractivity contribution is -0.142. The summed E-state index contributed by atoms with van der Waals surface area (Å²) in [6.07, 6.45) is -0.446. The summed E-state index contributed by atoms with van der Waals surface area (Å²) >= 11 is 3.48. The smallest absolute Gasteiger partial charge is 0.316 e. The van der Waals surface area contributed by atoms with E-state index in [0.717, 1.165) is 0 Å². The van der Waals surface area contributed by atoms with Gasteiger partial charge in [-0.15, -0.1) is 0 Å². The summed E-state index contributed by atoms with van der Waals surface area (Å²) in [4.78, 5) is 19.7. The Kier molecular flexibility index (Phi) is 8.62. The monoisotopic (exact) mass is 181 g/mol. The van der Waals surface area contributed by atoms with Crippen molar-refractivity contribution in [3.63, 3.8) is 0 Å². The zero-order valence-electron chi connectivity index (χ0n) is 6.02. The molecule has 0 bridgehead atoms. The third kappa shape index (κ3) is 9.25. The summed E-state index contributed by atoms with van der Waals surface area (Å²) < 4.78 is 0. The molecule has 0 saturated carbocycles. The van der Waals surface area contributed by atoms with Crippen LogP contribution in [0.3, 0.4) is 0 Å². The normalized spacial score (nSPS) is 10.8. The van der Waals surface area contributed by atoms with Gasteiger partial charge in [-0.2, -0.15) is 12.6 Å². The van der Waals surface area contributed by atoms with Gasteiger partial charge < -0.3 is 15.9 Å². The molecular weight excluding hydrogens is 170 g/mol. The molecule has 0 spiro atoms. The van der Waals surface area contributed by atoms with E-state index in [1.54, 1.807) is 0 Å². The van der Waals surface area contributed by atoms with Crippen molar-refractivity contribution in [1.82, 2.24) is 0 Å². The van der Waals surface area contributed by atoms with Crippen molar-refractivity contribution < 1.29 is 19.8 Å². The molecule has 4 N–H and O–H groups in total. The van der Waals surface area contributed by atoms with Gasteiger partial charge in [0.05, 0.1) is 6.42 Å². The third-order valence-electron chi connectivity index (χ3n) is 0.653. The molecule has 5 nitrogen and oxygen atoms in total.